The summed E-state index contributed by atoms with van der Waals surface area (Å²) in [6.07, 6.45) is 1.77. The fraction of sp³-hybridized carbons (Fsp3) is 0.667. The minimum Gasteiger partial charge on any atom is -0.381 e. The van der Waals surface area contributed by atoms with Crippen molar-refractivity contribution in [1.82, 2.24) is 10.6 Å². The Kier molecular flexibility index (Phi) is 12.7. The van der Waals surface area contributed by atoms with Crippen molar-refractivity contribution in [2.75, 3.05) is 46.6 Å². The number of hydrogen-bond donors (Lipinski definition) is 2. The van der Waals surface area contributed by atoms with E-state index in [0.717, 1.165) is 45.1 Å². The van der Waals surface area contributed by atoms with Crippen molar-refractivity contribution in [3.05, 3.63) is 35.9 Å². The van der Waals surface area contributed by atoms with Gasteiger partial charge in [0.2, 0.25) is 0 Å². The van der Waals surface area contributed by atoms with Crippen LogP contribution in [0.3, 0.4) is 0 Å². The molecular formula is C21H36IN3O3. The van der Waals surface area contributed by atoms with Gasteiger partial charge >= 0.3 is 0 Å². The fourth-order valence-corrected chi connectivity index (χ4v) is 3.02. The number of hydrogen-bond acceptors (Lipinski definition) is 4. The van der Waals surface area contributed by atoms with E-state index in [9.17, 15) is 0 Å². The van der Waals surface area contributed by atoms with E-state index < -0.39 is 0 Å². The second-order valence-electron chi connectivity index (χ2n) is 7.18. The third-order valence-corrected chi connectivity index (χ3v) is 4.84. The summed E-state index contributed by atoms with van der Waals surface area (Å²) in [4.78, 5) is 4.75. The Labute approximate surface area is 186 Å². The lowest BCUT2D eigenvalue weighted by atomic mass is 9.94. The predicted molar refractivity (Wildman–Crippen MR) is 124 cm³/mol. The molecule has 0 spiro atoms. The first-order valence-electron chi connectivity index (χ1n) is 9.94. The van der Waals surface area contributed by atoms with Crippen molar-refractivity contribution in [1.29, 1.82) is 0 Å². The molecule has 1 aliphatic heterocycles. The minimum absolute atomic E-state index is 0. The number of rotatable bonds is 10. The van der Waals surface area contributed by atoms with Crippen LogP contribution in [0, 0.1) is 5.92 Å². The molecule has 2 rings (SSSR count). The molecule has 1 aromatic rings. The quantitative estimate of drug-likeness (QED) is 0.291. The second kappa shape index (κ2) is 14.1. The van der Waals surface area contributed by atoms with Gasteiger partial charge in [0.15, 0.2) is 5.96 Å². The maximum atomic E-state index is 5.83. The van der Waals surface area contributed by atoms with Gasteiger partial charge in [0, 0.05) is 46.3 Å². The van der Waals surface area contributed by atoms with Gasteiger partial charge in [-0.1, -0.05) is 37.3 Å². The van der Waals surface area contributed by atoms with Crippen molar-refractivity contribution >= 4 is 29.9 Å². The van der Waals surface area contributed by atoms with Gasteiger partial charge in [0.1, 0.15) is 0 Å². The fourth-order valence-electron chi connectivity index (χ4n) is 3.02. The first-order chi connectivity index (χ1) is 13.2. The van der Waals surface area contributed by atoms with Crippen LogP contribution in [0.1, 0.15) is 32.3 Å². The topological polar surface area (TPSA) is 64.1 Å². The van der Waals surface area contributed by atoms with E-state index in [1.54, 1.807) is 7.11 Å². The Hall–Kier alpha value is -0.900. The zero-order valence-electron chi connectivity index (χ0n) is 17.4. The Morgan fingerprint density at radius 1 is 1.21 bits per heavy atom. The Bertz CT molecular complexity index is 551. The average Bonchev–Trinajstić information content (AvgIpc) is 2.71. The molecule has 1 atom stereocenters. The second-order valence-corrected chi connectivity index (χ2v) is 7.18. The van der Waals surface area contributed by atoms with Crippen molar-refractivity contribution < 1.29 is 14.2 Å². The Morgan fingerprint density at radius 2 is 1.93 bits per heavy atom. The number of methoxy groups -OCH3 is 1. The summed E-state index contributed by atoms with van der Waals surface area (Å²) in [5.74, 6) is 1.22. The van der Waals surface area contributed by atoms with Crippen LogP contribution < -0.4 is 10.6 Å². The van der Waals surface area contributed by atoms with E-state index in [1.165, 1.54) is 5.56 Å². The maximum Gasteiger partial charge on any atom is 0.191 e. The summed E-state index contributed by atoms with van der Waals surface area (Å²) in [5.41, 5.74) is 0.999. The molecular weight excluding hydrogens is 469 g/mol. The van der Waals surface area contributed by atoms with Crippen molar-refractivity contribution in [3.63, 3.8) is 0 Å². The van der Waals surface area contributed by atoms with Crippen molar-refractivity contribution in [2.24, 2.45) is 10.9 Å². The van der Waals surface area contributed by atoms with Gasteiger partial charge in [0.05, 0.1) is 25.4 Å². The van der Waals surface area contributed by atoms with E-state index in [4.69, 9.17) is 19.2 Å². The molecule has 7 heteroatoms. The lowest BCUT2D eigenvalue weighted by Crippen LogP contribution is -2.44. The molecule has 1 saturated heterocycles. The SMILES string of the molecule is CCNC(=NCC1(OC)CCOCC1)NCC(C)COCc1ccccc1.I. The molecule has 1 aromatic carbocycles. The molecule has 0 aliphatic carbocycles. The van der Waals surface area contributed by atoms with Gasteiger partial charge in [-0.05, 0) is 18.4 Å². The average molecular weight is 505 g/mol. The zero-order chi connectivity index (χ0) is 19.4. The monoisotopic (exact) mass is 505 g/mol. The van der Waals surface area contributed by atoms with Crippen LogP contribution in [0.15, 0.2) is 35.3 Å². The highest BCUT2D eigenvalue weighted by molar-refractivity contribution is 14.0. The molecule has 0 radical (unpaired) electrons. The van der Waals surface area contributed by atoms with Crippen molar-refractivity contribution in [3.8, 4) is 0 Å². The standard InChI is InChI=1S/C21H35N3O3.HI/c1-4-22-20(24-17-21(25-3)10-12-26-13-11-21)23-14-18(2)15-27-16-19-8-6-5-7-9-19;/h5-9,18H,4,10-17H2,1-3H3,(H2,22,23,24);1H. The van der Waals surface area contributed by atoms with Crippen LogP contribution in [0.2, 0.25) is 0 Å². The number of guanidine groups is 1. The van der Waals surface area contributed by atoms with Crippen LogP contribution in [-0.2, 0) is 20.8 Å². The van der Waals surface area contributed by atoms with Gasteiger partial charge < -0.3 is 24.8 Å². The summed E-state index contributed by atoms with van der Waals surface area (Å²) in [7, 11) is 1.77. The third-order valence-electron chi connectivity index (χ3n) is 4.84. The summed E-state index contributed by atoms with van der Waals surface area (Å²) in [6.45, 7) is 9.37. The van der Waals surface area contributed by atoms with Crippen LogP contribution >= 0.6 is 24.0 Å². The van der Waals surface area contributed by atoms with Gasteiger partial charge in [-0.2, -0.15) is 0 Å². The van der Waals surface area contributed by atoms with E-state index in [2.05, 4.69) is 36.6 Å². The Morgan fingerprint density at radius 3 is 2.57 bits per heavy atom. The van der Waals surface area contributed by atoms with E-state index in [-0.39, 0.29) is 29.6 Å². The van der Waals surface area contributed by atoms with Gasteiger partial charge in [0.25, 0.3) is 0 Å². The summed E-state index contributed by atoms with van der Waals surface area (Å²) in [5, 5.41) is 6.73. The highest BCUT2D eigenvalue weighted by Gasteiger charge is 2.32. The van der Waals surface area contributed by atoms with Crippen LogP contribution in [-0.4, -0.2) is 58.1 Å². The van der Waals surface area contributed by atoms with E-state index in [0.29, 0.717) is 25.7 Å². The molecule has 1 aliphatic rings. The minimum atomic E-state index is -0.203. The molecule has 28 heavy (non-hydrogen) atoms. The molecule has 0 aromatic heterocycles. The van der Waals surface area contributed by atoms with E-state index in [1.807, 2.05) is 18.2 Å². The smallest absolute Gasteiger partial charge is 0.191 e. The van der Waals surface area contributed by atoms with Gasteiger partial charge in [-0.15, -0.1) is 24.0 Å². The molecule has 1 fully saturated rings. The predicted octanol–water partition coefficient (Wildman–Crippen LogP) is 3.21. The third kappa shape index (κ3) is 9.07. The molecule has 0 bridgehead atoms. The summed E-state index contributed by atoms with van der Waals surface area (Å²) >= 11 is 0. The van der Waals surface area contributed by atoms with Crippen LogP contribution in [0.4, 0.5) is 0 Å². The van der Waals surface area contributed by atoms with Gasteiger partial charge in [-0.25, -0.2) is 0 Å². The molecule has 6 nitrogen and oxygen atoms in total. The molecule has 160 valence electrons. The van der Waals surface area contributed by atoms with Crippen molar-refractivity contribution in [2.45, 2.75) is 38.9 Å². The number of benzene rings is 1. The Balaban J connectivity index is 0.00000392. The highest BCUT2D eigenvalue weighted by Crippen LogP contribution is 2.24. The van der Waals surface area contributed by atoms with E-state index >= 15 is 0 Å². The molecule has 1 heterocycles. The maximum absolute atomic E-state index is 5.83. The normalized spacial score (nSPS) is 17.5. The number of ether oxygens (including phenoxy) is 3. The lowest BCUT2D eigenvalue weighted by molar-refractivity contribution is -0.0828. The molecule has 2 N–H and O–H groups in total. The summed E-state index contributed by atoms with van der Waals surface area (Å²) < 4.78 is 17.0. The number of nitrogens with zero attached hydrogens (tertiary/aromatic N) is 1. The van der Waals surface area contributed by atoms with Crippen LogP contribution in [0.5, 0.6) is 0 Å². The zero-order valence-corrected chi connectivity index (χ0v) is 19.7. The molecule has 0 saturated carbocycles. The first kappa shape index (κ1) is 25.1. The molecule has 1 unspecified atom stereocenters. The highest BCUT2D eigenvalue weighted by atomic mass is 127. The first-order valence-corrected chi connectivity index (χ1v) is 9.94. The number of nitrogens with one attached hydrogen (secondary N) is 2. The van der Waals surface area contributed by atoms with Gasteiger partial charge in [-0.3, -0.25) is 4.99 Å². The molecule has 0 amide bonds. The van der Waals surface area contributed by atoms with Crippen LogP contribution in [0.25, 0.3) is 0 Å². The summed E-state index contributed by atoms with van der Waals surface area (Å²) in [6, 6.07) is 10.3. The number of halogens is 1. The largest absolute Gasteiger partial charge is 0.381 e. The lowest BCUT2D eigenvalue weighted by Gasteiger charge is -2.34. The number of aliphatic imine (C=N–C) groups is 1.